The summed E-state index contributed by atoms with van der Waals surface area (Å²) in [5.74, 6) is 0.0676. The van der Waals surface area contributed by atoms with Crippen molar-refractivity contribution in [2.75, 3.05) is 26.2 Å². The lowest BCUT2D eigenvalue weighted by Crippen LogP contribution is -2.38. The van der Waals surface area contributed by atoms with Crippen LogP contribution in [-0.4, -0.2) is 43.2 Å². The third-order valence-electron chi connectivity index (χ3n) is 2.61. The fourth-order valence-corrected chi connectivity index (χ4v) is 2.18. The summed E-state index contributed by atoms with van der Waals surface area (Å²) in [6.07, 6.45) is 0.747. The van der Waals surface area contributed by atoms with Crippen molar-refractivity contribution in [3.05, 3.63) is 23.8 Å². The first-order valence-corrected chi connectivity index (χ1v) is 6.97. The Morgan fingerprint density at radius 2 is 2.21 bits per heavy atom. The quantitative estimate of drug-likeness (QED) is 0.749. The normalized spacial score (nSPS) is 11.9. The van der Waals surface area contributed by atoms with E-state index in [1.165, 1.54) is 19.2 Å². The van der Waals surface area contributed by atoms with Crippen LogP contribution in [0.1, 0.15) is 16.8 Å². The predicted molar refractivity (Wildman–Crippen MR) is 76.2 cm³/mol. The third kappa shape index (κ3) is 4.72. The smallest absolute Gasteiger partial charge is 0.255 e. The summed E-state index contributed by atoms with van der Waals surface area (Å²) in [6.45, 7) is 0.425. The molecular formula is C13H18BrNO4. The van der Waals surface area contributed by atoms with Gasteiger partial charge < -0.3 is 19.9 Å². The molecule has 6 heteroatoms. The fourth-order valence-electron chi connectivity index (χ4n) is 1.62. The average Bonchev–Trinajstić information content (AvgIpc) is 2.38. The number of amides is 1. The van der Waals surface area contributed by atoms with Gasteiger partial charge in [0.05, 0.1) is 25.3 Å². The second-order valence-electron chi connectivity index (χ2n) is 3.99. The number of nitrogens with one attached hydrogen (secondary N) is 1. The Morgan fingerprint density at radius 1 is 1.47 bits per heavy atom. The minimum absolute atomic E-state index is 0.0987. The molecule has 0 spiro atoms. The lowest BCUT2D eigenvalue weighted by Gasteiger charge is -2.17. The third-order valence-corrected chi connectivity index (χ3v) is 3.07. The van der Waals surface area contributed by atoms with Crippen LogP contribution in [0.15, 0.2) is 18.2 Å². The Labute approximate surface area is 121 Å². The van der Waals surface area contributed by atoms with E-state index in [4.69, 9.17) is 9.47 Å². The molecule has 1 atom stereocenters. The molecule has 0 heterocycles. The first-order valence-electron chi connectivity index (χ1n) is 5.85. The number of phenols is 1. The lowest BCUT2D eigenvalue weighted by atomic mass is 10.1. The molecule has 0 aliphatic heterocycles. The van der Waals surface area contributed by atoms with E-state index >= 15 is 0 Å². The van der Waals surface area contributed by atoms with Crippen LogP contribution in [0.5, 0.6) is 11.5 Å². The monoisotopic (exact) mass is 331 g/mol. The van der Waals surface area contributed by atoms with Crippen LogP contribution in [-0.2, 0) is 4.74 Å². The summed E-state index contributed by atoms with van der Waals surface area (Å²) in [5.41, 5.74) is 0.219. The number of phenolic OH excluding ortho intramolecular Hbond substituents is 1. The minimum Gasteiger partial charge on any atom is -0.507 e. The van der Waals surface area contributed by atoms with Gasteiger partial charge in [-0.05, 0) is 18.6 Å². The van der Waals surface area contributed by atoms with Gasteiger partial charge in [0.15, 0.2) is 0 Å². The summed E-state index contributed by atoms with van der Waals surface area (Å²) in [5, 5.41) is 13.4. The molecule has 0 aliphatic rings. The van der Waals surface area contributed by atoms with Gasteiger partial charge in [-0.2, -0.15) is 0 Å². The molecule has 5 nitrogen and oxygen atoms in total. The zero-order chi connectivity index (χ0) is 14.3. The largest absolute Gasteiger partial charge is 0.507 e. The van der Waals surface area contributed by atoms with E-state index in [-0.39, 0.29) is 23.3 Å². The molecule has 0 radical (unpaired) electrons. The lowest BCUT2D eigenvalue weighted by molar-refractivity contribution is 0.0893. The molecule has 0 fully saturated rings. The molecule has 0 aromatic heterocycles. The number of rotatable bonds is 7. The van der Waals surface area contributed by atoms with Gasteiger partial charge in [0, 0.05) is 18.5 Å². The molecule has 2 N–H and O–H groups in total. The van der Waals surface area contributed by atoms with Crippen LogP contribution in [0.3, 0.4) is 0 Å². The highest BCUT2D eigenvalue weighted by molar-refractivity contribution is 9.09. The molecule has 1 aromatic carbocycles. The molecule has 1 aromatic rings. The number of methoxy groups -OCH3 is 2. The zero-order valence-corrected chi connectivity index (χ0v) is 12.6. The van der Waals surface area contributed by atoms with Crippen LogP contribution >= 0.6 is 15.9 Å². The highest BCUT2D eigenvalue weighted by Crippen LogP contribution is 2.23. The van der Waals surface area contributed by atoms with E-state index in [0.29, 0.717) is 12.4 Å². The molecule has 19 heavy (non-hydrogen) atoms. The zero-order valence-electron chi connectivity index (χ0n) is 11.0. The van der Waals surface area contributed by atoms with Gasteiger partial charge in [0.25, 0.3) is 5.91 Å². The topological polar surface area (TPSA) is 67.8 Å². The first-order chi connectivity index (χ1) is 9.12. The summed E-state index contributed by atoms with van der Waals surface area (Å²) in [4.78, 5) is 12.0. The Morgan fingerprint density at radius 3 is 2.74 bits per heavy atom. The van der Waals surface area contributed by atoms with E-state index < -0.39 is 0 Å². The van der Waals surface area contributed by atoms with Crippen LogP contribution in [0, 0.1) is 0 Å². The van der Waals surface area contributed by atoms with Crippen LogP contribution < -0.4 is 10.1 Å². The summed E-state index contributed by atoms with van der Waals surface area (Å²) in [7, 11) is 3.08. The molecule has 0 saturated heterocycles. The summed E-state index contributed by atoms with van der Waals surface area (Å²) < 4.78 is 10.0. The molecule has 0 aliphatic carbocycles. The number of carbonyl (C=O) groups excluding carboxylic acids is 1. The molecule has 1 rings (SSSR count). The van der Waals surface area contributed by atoms with Gasteiger partial charge in [-0.3, -0.25) is 4.79 Å². The maximum atomic E-state index is 12.0. The van der Waals surface area contributed by atoms with E-state index in [2.05, 4.69) is 21.2 Å². The number of carbonyl (C=O) groups is 1. The maximum absolute atomic E-state index is 12.0. The molecule has 1 unspecified atom stereocenters. The van der Waals surface area contributed by atoms with Crippen molar-refractivity contribution in [2.24, 2.45) is 0 Å². The number of hydrogen-bond acceptors (Lipinski definition) is 4. The van der Waals surface area contributed by atoms with Crippen molar-refractivity contribution < 1.29 is 19.4 Å². The van der Waals surface area contributed by atoms with Gasteiger partial charge in [-0.1, -0.05) is 15.9 Å². The van der Waals surface area contributed by atoms with Crippen LogP contribution in [0.2, 0.25) is 0 Å². The van der Waals surface area contributed by atoms with Crippen LogP contribution in [0.4, 0.5) is 0 Å². The van der Waals surface area contributed by atoms with Crippen molar-refractivity contribution in [3.63, 3.8) is 0 Å². The van der Waals surface area contributed by atoms with Crippen LogP contribution in [0.25, 0.3) is 0 Å². The number of benzene rings is 1. The molecule has 0 saturated carbocycles. The van der Waals surface area contributed by atoms with Gasteiger partial charge in [0.2, 0.25) is 0 Å². The molecule has 0 bridgehead atoms. The summed E-state index contributed by atoms with van der Waals surface area (Å²) in [6, 6.07) is 4.47. The minimum atomic E-state index is -0.330. The van der Waals surface area contributed by atoms with Gasteiger partial charge in [0.1, 0.15) is 11.5 Å². The van der Waals surface area contributed by atoms with E-state index in [0.717, 1.165) is 11.8 Å². The summed E-state index contributed by atoms with van der Waals surface area (Å²) >= 11 is 3.33. The Kier molecular flexibility index (Phi) is 6.66. The van der Waals surface area contributed by atoms with Crippen molar-refractivity contribution in [1.29, 1.82) is 0 Å². The highest BCUT2D eigenvalue weighted by atomic mass is 79.9. The van der Waals surface area contributed by atoms with Crippen molar-refractivity contribution in [1.82, 2.24) is 5.32 Å². The maximum Gasteiger partial charge on any atom is 0.255 e. The first kappa shape index (κ1) is 15.8. The van der Waals surface area contributed by atoms with Crippen molar-refractivity contribution in [3.8, 4) is 11.5 Å². The number of ether oxygens (including phenoxy) is 2. The SMILES string of the molecule is COCC(CCBr)NC(=O)c1ccc(OC)cc1O. The standard InChI is InChI=1S/C13H18BrNO4/c1-18-8-9(5-6-14)15-13(17)11-4-3-10(19-2)7-12(11)16/h3-4,7,9,16H,5-6,8H2,1-2H3,(H,15,17). The molecule has 106 valence electrons. The van der Waals surface area contributed by atoms with Gasteiger partial charge >= 0.3 is 0 Å². The van der Waals surface area contributed by atoms with Gasteiger partial charge in [-0.25, -0.2) is 0 Å². The molecule has 1 amide bonds. The Hall–Kier alpha value is -1.27. The van der Waals surface area contributed by atoms with Crippen molar-refractivity contribution in [2.45, 2.75) is 12.5 Å². The highest BCUT2D eigenvalue weighted by Gasteiger charge is 2.16. The van der Waals surface area contributed by atoms with E-state index in [1.807, 2.05) is 0 Å². The second kappa shape index (κ2) is 8.01. The predicted octanol–water partition coefficient (Wildman–Crippen LogP) is 1.93. The molecular weight excluding hydrogens is 314 g/mol. The Bertz CT molecular complexity index is 419. The number of halogens is 1. The van der Waals surface area contributed by atoms with Gasteiger partial charge in [-0.15, -0.1) is 0 Å². The average molecular weight is 332 g/mol. The van der Waals surface area contributed by atoms with E-state index in [9.17, 15) is 9.90 Å². The van der Waals surface area contributed by atoms with E-state index in [1.54, 1.807) is 13.2 Å². The Balaban J connectivity index is 2.76. The number of aromatic hydroxyl groups is 1. The second-order valence-corrected chi connectivity index (χ2v) is 4.78. The van der Waals surface area contributed by atoms with Crippen molar-refractivity contribution >= 4 is 21.8 Å². The number of hydrogen-bond donors (Lipinski definition) is 2. The number of alkyl halides is 1. The fraction of sp³-hybridized carbons (Fsp3) is 0.462.